The number of hydrogen-bond donors (Lipinski definition) is 0. The molecule has 0 aromatic heterocycles. The van der Waals surface area contributed by atoms with Gasteiger partial charge >= 0.3 is 5.97 Å². The van der Waals surface area contributed by atoms with Crippen LogP contribution >= 0.6 is 7.82 Å². The Morgan fingerprint density at radius 2 is 0.846 bits per heavy atom. The molecule has 0 aliphatic heterocycles. The fourth-order valence-corrected chi connectivity index (χ4v) is 6.66. The normalized spacial score (nSPS) is 14.7. The molecular formula is C56H92NO7P. The molecule has 0 aromatic carbocycles. The summed E-state index contributed by atoms with van der Waals surface area (Å²) < 4.78 is 34.6. The molecule has 0 radical (unpaired) electrons. The Bertz CT molecular complexity index is 1490. The Kier molecular flexibility index (Phi) is 44.7. The SMILES string of the molecule is CC/C=C\C/C=C\C/C=C\C/C=C\C/C=C\C/C=C\CCCCCOCC(COP(=O)([O-])OCC[N+](C)(C)C)OC(=O)CCCCCCC/C=C\C/C=C\C/C=C\C/C=C\C/C=C\CC. The molecule has 0 saturated heterocycles. The second-order valence-electron chi connectivity index (χ2n) is 17.1. The third-order valence-corrected chi connectivity index (χ3v) is 10.7. The van der Waals surface area contributed by atoms with Gasteiger partial charge in [0.15, 0.2) is 0 Å². The number of unbranched alkanes of at least 4 members (excludes halogenated alkanes) is 8. The standard InChI is InChI=1S/C56H92NO7P/c1-6-8-10-12-14-16-18-20-22-24-26-28-30-32-34-36-38-40-42-44-46-48-51-61-53-55(54-63-65(59,60)62-52-50-57(3,4)5)64-56(58)49-47-45-43-41-39-37-35-33-31-29-27-25-23-21-19-17-15-13-11-9-7-2/h8-11,14-17,20-23,26-29,32-35,38,40,55H,6-7,12-13,18-19,24-25,30-31,36-37,39,41-54H2,1-5H3/b10-8-,11-9-,16-14-,17-15-,22-20-,23-21-,28-26-,29-27-,34-32-,35-33-,40-38-. The highest BCUT2D eigenvalue weighted by Crippen LogP contribution is 2.38. The highest BCUT2D eigenvalue weighted by molar-refractivity contribution is 7.45. The minimum Gasteiger partial charge on any atom is -0.756 e. The van der Waals surface area contributed by atoms with Gasteiger partial charge in [0.25, 0.3) is 7.82 Å². The number of likely N-dealkylation sites (N-methyl/N-ethyl adjacent to an activating group) is 1. The number of quaternary nitrogens is 1. The molecular weight excluding hydrogens is 830 g/mol. The first-order chi connectivity index (χ1) is 31.6. The molecule has 0 saturated carbocycles. The molecule has 0 aliphatic rings. The molecule has 0 bridgehead atoms. The number of carbonyl (C=O) groups excluding carboxylic acids is 1. The Balaban J connectivity index is 4.33. The first-order valence-electron chi connectivity index (χ1n) is 24.9. The Labute approximate surface area is 398 Å². The van der Waals surface area contributed by atoms with Gasteiger partial charge in [-0.2, -0.15) is 0 Å². The monoisotopic (exact) mass is 922 g/mol. The molecule has 0 fully saturated rings. The number of ether oxygens (including phenoxy) is 2. The van der Waals surface area contributed by atoms with E-state index in [4.69, 9.17) is 18.5 Å². The van der Waals surface area contributed by atoms with E-state index >= 15 is 0 Å². The van der Waals surface area contributed by atoms with Crippen LogP contribution in [-0.4, -0.2) is 70.7 Å². The molecule has 0 heterocycles. The van der Waals surface area contributed by atoms with Gasteiger partial charge in [0.1, 0.15) is 19.3 Å². The zero-order valence-electron chi connectivity index (χ0n) is 41.6. The predicted molar refractivity (Wildman–Crippen MR) is 277 cm³/mol. The second kappa shape index (κ2) is 47.1. The lowest BCUT2D eigenvalue weighted by molar-refractivity contribution is -0.870. The van der Waals surface area contributed by atoms with Crippen LogP contribution in [0.15, 0.2) is 134 Å². The van der Waals surface area contributed by atoms with Gasteiger partial charge in [-0.05, 0) is 109 Å². The maximum Gasteiger partial charge on any atom is 0.306 e. The minimum absolute atomic E-state index is 0.00607. The number of phosphoric acid groups is 1. The van der Waals surface area contributed by atoms with Crippen LogP contribution in [0.1, 0.15) is 155 Å². The van der Waals surface area contributed by atoms with Gasteiger partial charge in [0, 0.05) is 13.0 Å². The van der Waals surface area contributed by atoms with Crippen molar-refractivity contribution >= 4 is 13.8 Å². The van der Waals surface area contributed by atoms with Crippen molar-refractivity contribution < 1.29 is 37.3 Å². The number of carbonyl (C=O) groups is 1. The molecule has 8 nitrogen and oxygen atoms in total. The molecule has 0 amide bonds. The van der Waals surface area contributed by atoms with E-state index in [1.807, 2.05) is 21.1 Å². The predicted octanol–water partition coefficient (Wildman–Crippen LogP) is 14.9. The van der Waals surface area contributed by atoms with Crippen LogP contribution in [0.4, 0.5) is 0 Å². The van der Waals surface area contributed by atoms with Crippen LogP contribution in [-0.2, 0) is 27.9 Å². The fourth-order valence-electron chi connectivity index (χ4n) is 5.93. The minimum atomic E-state index is -4.56. The van der Waals surface area contributed by atoms with Crippen molar-refractivity contribution in [1.29, 1.82) is 0 Å². The lowest BCUT2D eigenvalue weighted by Gasteiger charge is -2.28. The van der Waals surface area contributed by atoms with Crippen LogP contribution in [0.3, 0.4) is 0 Å². The van der Waals surface area contributed by atoms with E-state index in [1.165, 1.54) is 0 Å². The molecule has 0 rings (SSSR count). The van der Waals surface area contributed by atoms with E-state index in [0.717, 1.165) is 135 Å². The summed E-state index contributed by atoms with van der Waals surface area (Å²) in [5.41, 5.74) is 0. The van der Waals surface area contributed by atoms with Crippen molar-refractivity contribution in [3.05, 3.63) is 134 Å². The van der Waals surface area contributed by atoms with Crippen molar-refractivity contribution in [2.24, 2.45) is 0 Å². The quantitative estimate of drug-likeness (QED) is 0.0197. The third kappa shape index (κ3) is 51.5. The van der Waals surface area contributed by atoms with E-state index in [0.29, 0.717) is 17.6 Å². The summed E-state index contributed by atoms with van der Waals surface area (Å²) in [6.07, 6.45) is 69.0. The first-order valence-corrected chi connectivity index (χ1v) is 26.4. The molecule has 2 unspecified atom stereocenters. The molecule has 2 atom stereocenters. The maximum absolute atomic E-state index is 12.7. The highest BCUT2D eigenvalue weighted by Gasteiger charge is 2.20. The molecule has 0 N–H and O–H groups in total. The smallest absolute Gasteiger partial charge is 0.306 e. The van der Waals surface area contributed by atoms with Crippen molar-refractivity contribution in [3.8, 4) is 0 Å². The van der Waals surface area contributed by atoms with E-state index in [1.54, 1.807) is 0 Å². The number of rotatable bonds is 44. The van der Waals surface area contributed by atoms with Crippen molar-refractivity contribution in [2.45, 2.75) is 161 Å². The zero-order valence-corrected chi connectivity index (χ0v) is 42.5. The topological polar surface area (TPSA) is 94.1 Å². The Morgan fingerprint density at radius 1 is 0.477 bits per heavy atom. The van der Waals surface area contributed by atoms with Gasteiger partial charge in [0.2, 0.25) is 0 Å². The first kappa shape index (κ1) is 61.6. The molecule has 368 valence electrons. The summed E-state index contributed by atoms with van der Waals surface area (Å²) in [5.74, 6) is -0.371. The van der Waals surface area contributed by atoms with Crippen molar-refractivity contribution in [1.82, 2.24) is 0 Å². The zero-order chi connectivity index (χ0) is 47.6. The molecule has 9 heteroatoms. The van der Waals surface area contributed by atoms with Crippen LogP contribution in [0.5, 0.6) is 0 Å². The van der Waals surface area contributed by atoms with Gasteiger partial charge in [-0.3, -0.25) is 9.36 Å². The van der Waals surface area contributed by atoms with Crippen molar-refractivity contribution in [2.75, 3.05) is 54.1 Å². The van der Waals surface area contributed by atoms with E-state index in [-0.39, 0.29) is 32.2 Å². The molecule has 0 spiro atoms. The summed E-state index contributed by atoms with van der Waals surface area (Å²) in [4.78, 5) is 25.2. The molecule has 0 aliphatic carbocycles. The van der Waals surface area contributed by atoms with Crippen LogP contribution in [0, 0.1) is 0 Å². The molecule has 0 aromatic rings. The molecule has 65 heavy (non-hydrogen) atoms. The van der Waals surface area contributed by atoms with Gasteiger partial charge in [-0.15, -0.1) is 0 Å². The fraction of sp³-hybridized carbons (Fsp3) is 0.589. The van der Waals surface area contributed by atoms with Gasteiger partial charge in [0.05, 0.1) is 34.4 Å². The van der Waals surface area contributed by atoms with E-state index in [9.17, 15) is 14.3 Å². The van der Waals surface area contributed by atoms with Crippen molar-refractivity contribution in [3.63, 3.8) is 0 Å². The van der Waals surface area contributed by atoms with Gasteiger partial charge in [-0.25, -0.2) is 0 Å². The Hall–Kier alpha value is -3.36. The average Bonchev–Trinajstić information content (AvgIpc) is 3.27. The van der Waals surface area contributed by atoms with Gasteiger partial charge < -0.3 is 27.9 Å². The van der Waals surface area contributed by atoms with Gasteiger partial charge in [-0.1, -0.05) is 173 Å². The number of esters is 1. The Morgan fingerprint density at radius 3 is 1.26 bits per heavy atom. The summed E-state index contributed by atoms with van der Waals surface area (Å²) in [6, 6.07) is 0. The van der Waals surface area contributed by atoms with E-state index < -0.39 is 13.9 Å². The summed E-state index contributed by atoms with van der Waals surface area (Å²) in [5, 5.41) is 0. The number of allylic oxidation sites excluding steroid dienone is 22. The maximum atomic E-state index is 12.7. The average molecular weight is 922 g/mol. The lowest BCUT2D eigenvalue weighted by atomic mass is 10.1. The number of nitrogens with zero attached hydrogens (tertiary/aromatic N) is 1. The largest absolute Gasteiger partial charge is 0.756 e. The summed E-state index contributed by atoms with van der Waals surface area (Å²) in [6.45, 7) is 5.03. The lowest BCUT2D eigenvalue weighted by Crippen LogP contribution is -2.37. The second-order valence-corrected chi connectivity index (χ2v) is 18.5. The number of hydrogen-bond acceptors (Lipinski definition) is 7. The van der Waals surface area contributed by atoms with Crippen LogP contribution in [0.2, 0.25) is 0 Å². The third-order valence-electron chi connectivity index (χ3n) is 9.70. The summed E-state index contributed by atoms with van der Waals surface area (Å²) in [7, 11) is 1.29. The van der Waals surface area contributed by atoms with Crippen LogP contribution < -0.4 is 4.89 Å². The van der Waals surface area contributed by atoms with E-state index in [2.05, 4.69) is 148 Å². The summed E-state index contributed by atoms with van der Waals surface area (Å²) >= 11 is 0. The highest BCUT2D eigenvalue weighted by atomic mass is 31.2. The number of phosphoric ester groups is 1. The van der Waals surface area contributed by atoms with Crippen LogP contribution in [0.25, 0.3) is 0 Å².